The SMILES string of the molecule is Cc1ccc(S(=O)(=O)N2CCC(NC(=O)C3CCNC3)CC2)cc1. The summed E-state index contributed by atoms with van der Waals surface area (Å²) in [5.41, 5.74) is 1.04. The molecule has 1 atom stereocenters. The van der Waals surface area contributed by atoms with E-state index < -0.39 is 10.0 Å². The number of nitrogens with one attached hydrogen (secondary N) is 2. The van der Waals surface area contributed by atoms with E-state index in [2.05, 4.69) is 10.6 Å². The van der Waals surface area contributed by atoms with Gasteiger partial charge in [-0.05, 0) is 44.9 Å². The van der Waals surface area contributed by atoms with Gasteiger partial charge in [-0.2, -0.15) is 4.31 Å². The highest BCUT2D eigenvalue weighted by Crippen LogP contribution is 2.21. The summed E-state index contributed by atoms with van der Waals surface area (Å²) >= 11 is 0. The fourth-order valence-corrected chi connectivity index (χ4v) is 4.77. The van der Waals surface area contributed by atoms with Gasteiger partial charge in [-0.25, -0.2) is 8.42 Å². The van der Waals surface area contributed by atoms with Crippen LogP contribution in [0.1, 0.15) is 24.8 Å². The van der Waals surface area contributed by atoms with Gasteiger partial charge in [-0.15, -0.1) is 0 Å². The second-order valence-corrected chi connectivity index (χ2v) is 8.63. The van der Waals surface area contributed by atoms with Crippen LogP contribution in [-0.2, 0) is 14.8 Å². The minimum absolute atomic E-state index is 0.0549. The lowest BCUT2D eigenvalue weighted by Crippen LogP contribution is -2.48. The molecular weight excluding hydrogens is 326 g/mol. The minimum atomic E-state index is -3.44. The van der Waals surface area contributed by atoms with Crippen molar-refractivity contribution in [3.8, 4) is 0 Å². The number of piperidine rings is 1. The average molecular weight is 351 g/mol. The van der Waals surface area contributed by atoms with E-state index in [4.69, 9.17) is 0 Å². The number of hydrogen-bond acceptors (Lipinski definition) is 4. The van der Waals surface area contributed by atoms with E-state index >= 15 is 0 Å². The molecule has 1 unspecified atom stereocenters. The molecule has 24 heavy (non-hydrogen) atoms. The average Bonchev–Trinajstić information content (AvgIpc) is 3.10. The maximum atomic E-state index is 12.7. The fourth-order valence-electron chi connectivity index (χ4n) is 3.30. The van der Waals surface area contributed by atoms with Crippen molar-refractivity contribution in [2.45, 2.75) is 37.1 Å². The molecule has 0 radical (unpaired) electrons. The molecule has 0 saturated carbocycles. The first-order chi connectivity index (χ1) is 11.5. The van der Waals surface area contributed by atoms with Crippen molar-refractivity contribution in [1.29, 1.82) is 0 Å². The summed E-state index contributed by atoms with van der Waals surface area (Å²) in [6, 6.07) is 7.02. The van der Waals surface area contributed by atoms with Crippen LogP contribution in [0.4, 0.5) is 0 Å². The minimum Gasteiger partial charge on any atom is -0.353 e. The molecule has 2 saturated heterocycles. The third-order valence-corrected chi connectivity index (χ3v) is 6.80. The van der Waals surface area contributed by atoms with Gasteiger partial charge in [0.1, 0.15) is 0 Å². The highest BCUT2D eigenvalue weighted by molar-refractivity contribution is 7.89. The molecule has 3 rings (SSSR count). The van der Waals surface area contributed by atoms with E-state index in [-0.39, 0.29) is 17.9 Å². The van der Waals surface area contributed by atoms with Crippen molar-refractivity contribution in [1.82, 2.24) is 14.9 Å². The molecule has 6 nitrogen and oxygen atoms in total. The monoisotopic (exact) mass is 351 g/mol. The molecule has 0 spiro atoms. The Labute approximate surface area is 143 Å². The Morgan fingerprint density at radius 2 is 1.83 bits per heavy atom. The molecule has 132 valence electrons. The Bertz CT molecular complexity index is 674. The van der Waals surface area contributed by atoms with E-state index in [9.17, 15) is 13.2 Å². The van der Waals surface area contributed by atoms with Crippen molar-refractivity contribution >= 4 is 15.9 Å². The van der Waals surface area contributed by atoms with Crippen molar-refractivity contribution in [2.75, 3.05) is 26.2 Å². The van der Waals surface area contributed by atoms with Crippen molar-refractivity contribution < 1.29 is 13.2 Å². The van der Waals surface area contributed by atoms with Gasteiger partial charge in [0, 0.05) is 25.7 Å². The first-order valence-electron chi connectivity index (χ1n) is 8.55. The number of sulfonamides is 1. The Morgan fingerprint density at radius 3 is 2.42 bits per heavy atom. The van der Waals surface area contributed by atoms with Crippen LogP contribution in [0.5, 0.6) is 0 Å². The largest absolute Gasteiger partial charge is 0.353 e. The van der Waals surface area contributed by atoms with Crippen LogP contribution in [0.25, 0.3) is 0 Å². The maximum absolute atomic E-state index is 12.7. The van der Waals surface area contributed by atoms with Crippen LogP contribution >= 0.6 is 0 Å². The van der Waals surface area contributed by atoms with Gasteiger partial charge in [-0.1, -0.05) is 17.7 Å². The molecule has 0 bridgehead atoms. The molecule has 0 aromatic heterocycles. The van der Waals surface area contributed by atoms with Gasteiger partial charge in [0.2, 0.25) is 15.9 Å². The summed E-state index contributed by atoms with van der Waals surface area (Å²) in [7, 11) is -3.44. The number of amides is 1. The van der Waals surface area contributed by atoms with Gasteiger partial charge < -0.3 is 10.6 Å². The van der Waals surface area contributed by atoms with Crippen molar-refractivity contribution in [2.24, 2.45) is 5.92 Å². The summed E-state index contributed by atoms with van der Waals surface area (Å²) < 4.78 is 26.9. The van der Waals surface area contributed by atoms with Crippen molar-refractivity contribution in [3.05, 3.63) is 29.8 Å². The van der Waals surface area contributed by atoms with Crippen LogP contribution in [0.2, 0.25) is 0 Å². The van der Waals surface area contributed by atoms with Crippen LogP contribution in [0.3, 0.4) is 0 Å². The summed E-state index contributed by atoms with van der Waals surface area (Å²) in [4.78, 5) is 12.5. The summed E-state index contributed by atoms with van der Waals surface area (Å²) in [6.07, 6.45) is 2.21. The molecule has 1 amide bonds. The number of carbonyl (C=O) groups is 1. The lowest BCUT2D eigenvalue weighted by Gasteiger charge is -2.32. The fraction of sp³-hybridized carbons (Fsp3) is 0.588. The number of nitrogens with zero attached hydrogens (tertiary/aromatic N) is 1. The van der Waals surface area contributed by atoms with E-state index in [1.165, 1.54) is 4.31 Å². The quantitative estimate of drug-likeness (QED) is 0.844. The standard InChI is InChI=1S/C17H25N3O3S/c1-13-2-4-16(5-3-13)24(22,23)20-10-7-15(8-11-20)19-17(21)14-6-9-18-12-14/h2-5,14-15,18H,6-12H2,1H3,(H,19,21). The predicted octanol–water partition coefficient (Wildman–Crippen LogP) is 0.874. The van der Waals surface area contributed by atoms with Crippen molar-refractivity contribution in [3.63, 3.8) is 0 Å². The molecule has 2 N–H and O–H groups in total. The first-order valence-corrected chi connectivity index (χ1v) is 9.99. The molecule has 7 heteroatoms. The number of aryl methyl sites for hydroxylation is 1. The second kappa shape index (κ2) is 7.21. The van der Waals surface area contributed by atoms with Gasteiger partial charge in [0.05, 0.1) is 10.8 Å². The lowest BCUT2D eigenvalue weighted by atomic mass is 10.0. The van der Waals surface area contributed by atoms with E-state index in [0.29, 0.717) is 30.8 Å². The maximum Gasteiger partial charge on any atom is 0.243 e. The first kappa shape index (κ1) is 17.4. The number of hydrogen-bond donors (Lipinski definition) is 2. The molecule has 2 heterocycles. The van der Waals surface area contributed by atoms with Crippen LogP contribution in [-0.4, -0.2) is 50.9 Å². The number of rotatable bonds is 4. The third kappa shape index (κ3) is 3.79. The van der Waals surface area contributed by atoms with Crippen LogP contribution in [0.15, 0.2) is 29.2 Å². The van der Waals surface area contributed by atoms with Gasteiger partial charge in [0.25, 0.3) is 0 Å². The zero-order chi connectivity index (χ0) is 17.2. The second-order valence-electron chi connectivity index (χ2n) is 6.69. The molecular formula is C17H25N3O3S. The Balaban J connectivity index is 1.56. The number of benzene rings is 1. The number of carbonyl (C=O) groups excluding carboxylic acids is 1. The van der Waals surface area contributed by atoms with Gasteiger partial charge in [0.15, 0.2) is 0 Å². The Hall–Kier alpha value is -1.44. The molecule has 1 aromatic rings. The van der Waals surface area contributed by atoms with E-state index in [1.807, 2.05) is 19.1 Å². The summed E-state index contributed by atoms with van der Waals surface area (Å²) in [5.74, 6) is 0.152. The van der Waals surface area contributed by atoms with E-state index in [0.717, 1.165) is 25.1 Å². The topological polar surface area (TPSA) is 78.5 Å². The molecule has 1 aromatic carbocycles. The van der Waals surface area contributed by atoms with E-state index in [1.54, 1.807) is 12.1 Å². The Kier molecular flexibility index (Phi) is 5.22. The van der Waals surface area contributed by atoms with Crippen LogP contribution in [0, 0.1) is 12.8 Å². The normalized spacial score (nSPS) is 23.3. The molecule has 0 aliphatic carbocycles. The zero-order valence-corrected chi connectivity index (χ0v) is 14.8. The predicted molar refractivity (Wildman–Crippen MR) is 92.1 cm³/mol. The highest BCUT2D eigenvalue weighted by Gasteiger charge is 2.31. The molecule has 2 aliphatic heterocycles. The highest BCUT2D eigenvalue weighted by atomic mass is 32.2. The third-order valence-electron chi connectivity index (χ3n) is 4.89. The van der Waals surface area contributed by atoms with Crippen LogP contribution < -0.4 is 10.6 Å². The molecule has 2 fully saturated rings. The zero-order valence-electron chi connectivity index (χ0n) is 14.0. The van der Waals surface area contributed by atoms with Gasteiger partial charge >= 0.3 is 0 Å². The summed E-state index contributed by atoms with van der Waals surface area (Å²) in [5, 5.41) is 6.27. The molecule has 2 aliphatic rings. The smallest absolute Gasteiger partial charge is 0.243 e. The lowest BCUT2D eigenvalue weighted by molar-refractivity contribution is -0.125. The summed E-state index contributed by atoms with van der Waals surface area (Å²) in [6.45, 7) is 4.47. The Morgan fingerprint density at radius 1 is 1.17 bits per heavy atom. The van der Waals surface area contributed by atoms with Gasteiger partial charge in [-0.3, -0.25) is 4.79 Å².